The molecule has 0 amide bonds. The predicted molar refractivity (Wildman–Crippen MR) is 120 cm³/mol. The SMILES string of the molecule is CCOC(=O)C[C@H]1O[C@H](c2cc(Cl)cc(OC)c2OC)c2cc(Cl)ccc2NC1=S. The number of anilines is 1. The van der Waals surface area contributed by atoms with Crippen LogP contribution in [0, 0.1) is 0 Å². The Morgan fingerprint density at radius 3 is 2.53 bits per heavy atom. The Morgan fingerprint density at radius 2 is 1.87 bits per heavy atom. The van der Waals surface area contributed by atoms with E-state index in [1.165, 1.54) is 14.2 Å². The molecule has 0 saturated carbocycles. The van der Waals surface area contributed by atoms with Crippen LogP contribution in [-0.2, 0) is 14.3 Å². The average molecular weight is 470 g/mol. The number of fused-ring (bicyclic) bond motifs is 1. The molecule has 9 heteroatoms. The van der Waals surface area contributed by atoms with E-state index in [1.54, 1.807) is 37.3 Å². The number of benzene rings is 2. The van der Waals surface area contributed by atoms with Crippen molar-refractivity contribution in [2.24, 2.45) is 0 Å². The molecule has 2 aromatic rings. The molecule has 2 aromatic carbocycles. The summed E-state index contributed by atoms with van der Waals surface area (Å²) in [7, 11) is 3.06. The number of carbonyl (C=O) groups excluding carboxylic acids is 1. The van der Waals surface area contributed by atoms with E-state index in [9.17, 15) is 4.79 Å². The average Bonchev–Trinajstić information content (AvgIpc) is 2.84. The molecule has 160 valence electrons. The summed E-state index contributed by atoms with van der Waals surface area (Å²) in [5, 5.41) is 4.12. The number of methoxy groups -OCH3 is 2. The molecular weight excluding hydrogens is 449 g/mol. The van der Waals surface area contributed by atoms with Crippen LogP contribution in [0.5, 0.6) is 11.5 Å². The quantitative estimate of drug-likeness (QED) is 0.460. The summed E-state index contributed by atoms with van der Waals surface area (Å²) in [6.07, 6.45) is -1.46. The van der Waals surface area contributed by atoms with Crippen LogP contribution in [0.25, 0.3) is 0 Å². The van der Waals surface area contributed by atoms with Gasteiger partial charge in [-0.3, -0.25) is 4.79 Å². The van der Waals surface area contributed by atoms with E-state index in [0.29, 0.717) is 37.8 Å². The summed E-state index contributed by atoms with van der Waals surface area (Å²) in [6, 6.07) is 8.71. The molecule has 0 spiro atoms. The Balaban J connectivity index is 2.15. The number of carbonyl (C=O) groups is 1. The van der Waals surface area contributed by atoms with Crippen LogP contribution < -0.4 is 14.8 Å². The summed E-state index contributed by atoms with van der Waals surface area (Å²) in [5.41, 5.74) is 2.05. The zero-order chi connectivity index (χ0) is 21.8. The summed E-state index contributed by atoms with van der Waals surface area (Å²) in [4.78, 5) is 12.5. The van der Waals surface area contributed by atoms with Gasteiger partial charge in [0.15, 0.2) is 11.5 Å². The number of thiocarbonyl (C=S) groups is 1. The molecule has 1 heterocycles. The van der Waals surface area contributed by atoms with E-state index in [2.05, 4.69) is 5.32 Å². The Labute approximate surface area is 190 Å². The Kier molecular flexibility index (Phi) is 7.41. The molecule has 0 saturated heterocycles. The van der Waals surface area contributed by atoms with E-state index >= 15 is 0 Å². The second-order valence-electron chi connectivity index (χ2n) is 6.47. The van der Waals surface area contributed by atoms with Crippen molar-refractivity contribution < 1.29 is 23.7 Å². The zero-order valence-electron chi connectivity index (χ0n) is 16.7. The number of rotatable bonds is 6. The van der Waals surface area contributed by atoms with Gasteiger partial charge >= 0.3 is 5.97 Å². The topological polar surface area (TPSA) is 66.0 Å². The number of hydrogen-bond acceptors (Lipinski definition) is 6. The van der Waals surface area contributed by atoms with E-state index in [4.69, 9.17) is 54.4 Å². The van der Waals surface area contributed by atoms with Gasteiger partial charge in [-0.2, -0.15) is 0 Å². The molecule has 0 aromatic heterocycles. The number of ether oxygens (including phenoxy) is 4. The third-order valence-electron chi connectivity index (χ3n) is 4.56. The number of esters is 1. The fourth-order valence-corrected chi connectivity index (χ4v) is 3.93. The lowest BCUT2D eigenvalue weighted by molar-refractivity contribution is -0.145. The minimum atomic E-state index is -0.732. The molecule has 0 radical (unpaired) electrons. The van der Waals surface area contributed by atoms with Gasteiger partial charge in [0.2, 0.25) is 0 Å². The third kappa shape index (κ3) is 4.81. The summed E-state index contributed by atoms with van der Waals surface area (Å²) in [6.45, 7) is 2.01. The highest BCUT2D eigenvalue weighted by Gasteiger charge is 2.34. The van der Waals surface area contributed by atoms with Gasteiger partial charge in [-0.15, -0.1) is 0 Å². The van der Waals surface area contributed by atoms with E-state index < -0.39 is 18.2 Å². The molecule has 0 fully saturated rings. The summed E-state index contributed by atoms with van der Waals surface area (Å²) in [5.74, 6) is 0.500. The minimum Gasteiger partial charge on any atom is -0.493 e. The summed E-state index contributed by atoms with van der Waals surface area (Å²) >= 11 is 18.1. The number of halogens is 2. The predicted octanol–water partition coefficient (Wildman–Crippen LogP) is 5.19. The number of hydrogen-bond donors (Lipinski definition) is 1. The van der Waals surface area contributed by atoms with Crippen molar-refractivity contribution in [1.82, 2.24) is 0 Å². The van der Waals surface area contributed by atoms with E-state index in [0.717, 1.165) is 5.56 Å². The molecule has 1 aliphatic heterocycles. The van der Waals surface area contributed by atoms with E-state index in [1.807, 2.05) is 0 Å². The second-order valence-corrected chi connectivity index (χ2v) is 7.78. The molecule has 30 heavy (non-hydrogen) atoms. The van der Waals surface area contributed by atoms with Crippen LogP contribution in [0.1, 0.15) is 30.6 Å². The van der Waals surface area contributed by atoms with Gasteiger partial charge in [0, 0.05) is 32.9 Å². The lowest BCUT2D eigenvalue weighted by Gasteiger charge is -2.25. The highest BCUT2D eigenvalue weighted by Crippen LogP contribution is 2.45. The van der Waals surface area contributed by atoms with Gasteiger partial charge in [-0.05, 0) is 31.2 Å². The Morgan fingerprint density at radius 1 is 1.13 bits per heavy atom. The second kappa shape index (κ2) is 9.83. The largest absolute Gasteiger partial charge is 0.493 e. The highest BCUT2D eigenvalue weighted by atomic mass is 35.5. The minimum absolute atomic E-state index is 0.0437. The normalized spacial score (nSPS) is 18.1. The monoisotopic (exact) mass is 469 g/mol. The van der Waals surface area contributed by atoms with Crippen molar-refractivity contribution in [2.45, 2.75) is 25.6 Å². The van der Waals surface area contributed by atoms with Gasteiger partial charge in [0.1, 0.15) is 17.2 Å². The van der Waals surface area contributed by atoms with Gasteiger partial charge in [-0.25, -0.2) is 0 Å². The van der Waals surface area contributed by atoms with Gasteiger partial charge < -0.3 is 24.3 Å². The Bertz CT molecular complexity index is 969. The van der Waals surface area contributed by atoms with Gasteiger partial charge in [0.25, 0.3) is 0 Å². The molecule has 1 N–H and O–H groups in total. The van der Waals surface area contributed by atoms with Crippen molar-refractivity contribution >= 4 is 52.1 Å². The standard InChI is InChI=1S/C21H21Cl2NO5S/c1-4-28-18(25)10-17-21(30)24-15-6-5-11(22)7-13(15)19(29-17)14-8-12(23)9-16(26-2)20(14)27-3/h5-9,17,19H,4,10H2,1-3H3,(H,24,30)/t17-,19+/m1/s1. The van der Waals surface area contributed by atoms with Crippen molar-refractivity contribution in [3.8, 4) is 11.5 Å². The fourth-order valence-electron chi connectivity index (χ4n) is 3.28. The lowest BCUT2D eigenvalue weighted by Crippen LogP contribution is -2.31. The molecule has 1 aliphatic rings. The molecule has 6 nitrogen and oxygen atoms in total. The first-order valence-electron chi connectivity index (χ1n) is 9.20. The third-order valence-corrected chi connectivity index (χ3v) is 5.38. The number of nitrogens with one attached hydrogen (secondary N) is 1. The van der Waals surface area contributed by atoms with Crippen LogP contribution in [-0.4, -0.2) is 37.9 Å². The van der Waals surface area contributed by atoms with Crippen LogP contribution in [0.2, 0.25) is 10.0 Å². The first kappa shape index (κ1) is 22.6. The molecular formula is C21H21Cl2NO5S. The molecule has 3 rings (SSSR count). The van der Waals surface area contributed by atoms with Crippen molar-refractivity contribution in [3.05, 3.63) is 51.5 Å². The zero-order valence-corrected chi connectivity index (χ0v) is 19.0. The van der Waals surface area contributed by atoms with Crippen molar-refractivity contribution in [1.29, 1.82) is 0 Å². The van der Waals surface area contributed by atoms with Crippen LogP contribution >= 0.6 is 35.4 Å². The van der Waals surface area contributed by atoms with Crippen molar-refractivity contribution in [2.75, 3.05) is 26.1 Å². The first-order valence-corrected chi connectivity index (χ1v) is 10.4. The maximum atomic E-state index is 12.1. The molecule has 2 atom stereocenters. The van der Waals surface area contributed by atoms with Crippen molar-refractivity contribution in [3.63, 3.8) is 0 Å². The lowest BCUT2D eigenvalue weighted by atomic mass is 9.98. The maximum Gasteiger partial charge on any atom is 0.308 e. The Hall–Kier alpha value is -2.06. The van der Waals surface area contributed by atoms with Crippen LogP contribution in [0.15, 0.2) is 30.3 Å². The highest BCUT2D eigenvalue weighted by molar-refractivity contribution is 7.80. The van der Waals surface area contributed by atoms with Gasteiger partial charge in [0.05, 0.1) is 27.2 Å². The maximum absolute atomic E-state index is 12.1. The molecule has 0 unspecified atom stereocenters. The van der Waals surface area contributed by atoms with Gasteiger partial charge in [-0.1, -0.05) is 35.4 Å². The van der Waals surface area contributed by atoms with E-state index in [-0.39, 0.29) is 13.0 Å². The molecule has 0 aliphatic carbocycles. The smallest absolute Gasteiger partial charge is 0.308 e. The fraction of sp³-hybridized carbons (Fsp3) is 0.333. The van der Waals surface area contributed by atoms with Crippen LogP contribution in [0.3, 0.4) is 0 Å². The molecule has 0 bridgehead atoms. The van der Waals surface area contributed by atoms with Crippen LogP contribution in [0.4, 0.5) is 5.69 Å². The first-order chi connectivity index (χ1) is 14.4. The summed E-state index contributed by atoms with van der Waals surface area (Å²) < 4.78 is 22.5.